The van der Waals surface area contributed by atoms with E-state index in [1.807, 2.05) is 11.9 Å². The van der Waals surface area contributed by atoms with Gasteiger partial charge in [0.05, 0.1) is 12.0 Å². The Morgan fingerprint density at radius 3 is 1.79 bits per heavy atom. The molecule has 0 amide bonds. The van der Waals surface area contributed by atoms with Gasteiger partial charge in [0.15, 0.2) is 0 Å². The molecule has 0 aromatic heterocycles. The van der Waals surface area contributed by atoms with E-state index in [0.29, 0.717) is 0 Å². The largest absolute Gasteiger partial charge is 0.421 e. The first-order chi connectivity index (χ1) is 14.2. The zero-order chi connectivity index (χ0) is 20.1. The molecular weight excluding hydrogens is 396 g/mol. The van der Waals surface area contributed by atoms with Crippen LogP contribution in [0.2, 0.25) is 0 Å². The molecule has 0 atom stereocenters. The maximum atomic E-state index is 5.85. The summed E-state index contributed by atoms with van der Waals surface area (Å²) in [6.07, 6.45) is 0. The third-order valence-electron chi connectivity index (χ3n) is 4.95. The van der Waals surface area contributed by atoms with E-state index >= 15 is 0 Å². The molecule has 1 saturated heterocycles. The molecule has 4 rings (SSSR count). The normalized spacial score (nSPS) is 14.8. The van der Waals surface area contributed by atoms with Crippen LogP contribution >= 0.6 is 24.0 Å². The summed E-state index contributed by atoms with van der Waals surface area (Å²) >= 11 is 3.26. The molecule has 1 aliphatic rings. The van der Waals surface area contributed by atoms with Gasteiger partial charge in [-0.3, -0.25) is 0 Å². The zero-order valence-corrected chi connectivity index (χ0v) is 18.5. The van der Waals surface area contributed by atoms with E-state index in [1.54, 1.807) is 0 Å². The molecule has 0 radical (unpaired) electrons. The van der Waals surface area contributed by atoms with Gasteiger partial charge in [-0.05, 0) is 74.3 Å². The molecule has 0 saturated carbocycles. The van der Waals surface area contributed by atoms with Crippen molar-refractivity contribution in [3.63, 3.8) is 0 Å². The van der Waals surface area contributed by atoms with Gasteiger partial charge < -0.3 is 9.08 Å². The summed E-state index contributed by atoms with van der Waals surface area (Å²) in [5.41, 5.74) is 3.83. The molecule has 3 aromatic rings. The van der Waals surface area contributed by atoms with Gasteiger partial charge in [0.25, 0.3) is 0 Å². The molecule has 1 aliphatic heterocycles. The lowest BCUT2D eigenvalue weighted by molar-refractivity contribution is 0.429. The molecule has 3 aromatic carbocycles. The van der Waals surface area contributed by atoms with Crippen LogP contribution < -0.4 is 9.08 Å². The third-order valence-corrected chi connectivity index (χ3v) is 6.80. The van der Waals surface area contributed by atoms with Crippen molar-refractivity contribution < 1.29 is 4.18 Å². The Morgan fingerprint density at radius 1 is 0.655 bits per heavy atom. The fourth-order valence-electron chi connectivity index (χ4n) is 3.19. The van der Waals surface area contributed by atoms with E-state index < -0.39 is 0 Å². The monoisotopic (exact) mass is 422 g/mol. The molecule has 150 valence electrons. The maximum Gasteiger partial charge on any atom is 0.138 e. The van der Waals surface area contributed by atoms with Crippen molar-refractivity contribution in [2.45, 2.75) is 23.6 Å². The van der Waals surface area contributed by atoms with Crippen LogP contribution in [0.3, 0.4) is 0 Å². The van der Waals surface area contributed by atoms with Gasteiger partial charge in [0.2, 0.25) is 0 Å². The second-order valence-electron chi connectivity index (χ2n) is 7.29. The average Bonchev–Trinajstić information content (AvgIpc) is 2.76. The lowest BCUT2D eigenvalue weighted by Gasteiger charge is -2.35. The smallest absolute Gasteiger partial charge is 0.138 e. The molecule has 5 heteroatoms. The van der Waals surface area contributed by atoms with Crippen molar-refractivity contribution in [1.82, 2.24) is 4.31 Å². The van der Waals surface area contributed by atoms with Gasteiger partial charge in [0.1, 0.15) is 5.75 Å². The second kappa shape index (κ2) is 9.61. The summed E-state index contributed by atoms with van der Waals surface area (Å²) in [6, 6.07) is 25.6. The van der Waals surface area contributed by atoms with Crippen LogP contribution in [-0.2, 0) is 0 Å². The van der Waals surface area contributed by atoms with Gasteiger partial charge in [0, 0.05) is 41.7 Å². The summed E-state index contributed by atoms with van der Waals surface area (Å²) in [7, 11) is 0. The van der Waals surface area contributed by atoms with Crippen LogP contribution in [0.4, 0.5) is 5.69 Å². The highest BCUT2D eigenvalue weighted by molar-refractivity contribution is 7.97. The highest BCUT2D eigenvalue weighted by atomic mass is 32.2. The lowest BCUT2D eigenvalue weighted by atomic mass is 10.2. The number of hydrogen-bond donors (Lipinski definition) is 0. The average molecular weight is 423 g/mol. The first-order valence-corrected chi connectivity index (χ1v) is 11.4. The van der Waals surface area contributed by atoms with Crippen molar-refractivity contribution in [2.24, 2.45) is 0 Å². The molecule has 0 spiro atoms. The minimum atomic E-state index is 0.882. The fraction of sp³-hybridized carbons (Fsp3) is 0.250. The van der Waals surface area contributed by atoms with E-state index in [1.165, 1.54) is 33.8 Å². The second-order valence-corrected chi connectivity index (χ2v) is 9.27. The number of piperazine rings is 1. The summed E-state index contributed by atoms with van der Waals surface area (Å²) in [6.45, 7) is 8.41. The van der Waals surface area contributed by atoms with Gasteiger partial charge >= 0.3 is 0 Å². The fourth-order valence-corrected chi connectivity index (χ4v) is 4.64. The Bertz CT molecular complexity index is 903. The van der Waals surface area contributed by atoms with Crippen LogP contribution in [0.5, 0.6) is 5.75 Å². The molecular formula is C24H26N2OS2. The molecule has 3 nitrogen and oxygen atoms in total. The van der Waals surface area contributed by atoms with Crippen LogP contribution in [0, 0.1) is 13.8 Å². The summed E-state index contributed by atoms with van der Waals surface area (Å²) in [5.74, 6) is 0.882. The number of aryl methyl sites for hydroxylation is 2. The molecule has 0 bridgehead atoms. The molecule has 0 unspecified atom stereocenters. The van der Waals surface area contributed by atoms with Crippen LogP contribution in [0.15, 0.2) is 82.6 Å². The standard InChI is InChI=1S/C24H26N2OS2/c1-19-3-11-23(12-4-19)28-26-17-15-25(16-18-26)21-7-9-22(10-8-21)27-29-24-13-5-20(2)6-14-24/h3-14H,15-18H2,1-2H3. The van der Waals surface area contributed by atoms with E-state index in [9.17, 15) is 0 Å². The molecule has 1 fully saturated rings. The lowest BCUT2D eigenvalue weighted by Crippen LogP contribution is -2.43. The Morgan fingerprint density at radius 2 is 1.21 bits per heavy atom. The first-order valence-electron chi connectivity index (χ1n) is 9.91. The van der Waals surface area contributed by atoms with Gasteiger partial charge in [-0.15, -0.1) is 0 Å². The van der Waals surface area contributed by atoms with Gasteiger partial charge in [-0.25, -0.2) is 4.31 Å². The number of benzene rings is 3. The quantitative estimate of drug-likeness (QED) is 0.345. The van der Waals surface area contributed by atoms with Crippen molar-refractivity contribution in [1.29, 1.82) is 0 Å². The van der Waals surface area contributed by atoms with Crippen molar-refractivity contribution in [3.8, 4) is 5.75 Å². The van der Waals surface area contributed by atoms with Crippen molar-refractivity contribution >= 4 is 29.7 Å². The minimum absolute atomic E-state index is 0.882. The number of anilines is 1. The molecule has 0 aliphatic carbocycles. The Kier molecular flexibility index (Phi) is 6.70. The summed E-state index contributed by atoms with van der Waals surface area (Å²) in [4.78, 5) is 4.88. The number of nitrogens with zero attached hydrogens (tertiary/aromatic N) is 2. The SMILES string of the molecule is Cc1ccc(SOc2ccc(N3CCN(Sc4ccc(C)cc4)CC3)cc2)cc1. The van der Waals surface area contributed by atoms with E-state index in [2.05, 4.69) is 95.8 Å². The minimum Gasteiger partial charge on any atom is -0.421 e. The Hall–Kier alpha value is -2.08. The van der Waals surface area contributed by atoms with E-state index in [0.717, 1.165) is 36.8 Å². The van der Waals surface area contributed by atoms with Gasteiger partial charge in [-0.1, -0.05) is 35.4 Å². The highest BCUT2D eigenvalue weighted by Gasteiger charge is 2.18. The molecule has 29 heavy (non-hydrogen) atoms. The van der Waals surface area contributed by atoms with Crippen molar-refractivity contribution in [2.75, 3.05) is 31.1 Å². The topological polar surface area (TPSA) is 15.7 Å². The Balaban J connectivity index is 1.26. The van der Waals surface area contributed by atoms with E-state index in [4.69, 9.17) is 4.18 Å². The summed E-state index contributed by atoms with van der Waals surface area (Å²) in [5, 5.41) is 0. The molecule has 1 heterocycles. The highest BCUT2D eigenvalue weighted by Crippen LogP contribution is 2.28. The van der Waals surface area contributed by atoms with Crippen LogP contribution in [0.25, 0.3) is 0 Å². The first kappa shape index (κ1) is 20.2. The van der Waals surface area contributed by atoms with Crippen LogP contribution in [-0.4, -0.2) is 30.5 Å². The number of hydrogen-bond acceptors (Lipinski definition) is 5. The van der Waals surface area contributed by atoms with Gasteiger partial charge in [-0.2, -0.15) is 0 Å². The third kappa shape index (κ3) is 5.72. The predicted molar refractivity (Wildman–Crippen MR) is 125 cm³/mol. The van der Waals surface area contributed by atoms with E-state index in [-0.39, 0.29) is 0 Å². The Labute approximate surface area is 182 Å². The zero-order valence-electron chi connectivity index (χ0n) is 16.9. The molecule has 0 N–H and O–H groups in total. The predicted octanol–water partition coefficient (Wildman–Crippen LogP) is 6.22. The van der Waals surface area contributed by atoms with Crippen molar-refractivity contribution in [3.05, 3.63) is 83.9 Å². The van der Waals surface area contributed by atoms with Crippen LogP contribution in [0.1, 0.15) is 11.1 Å². The summed E-state index contributed by atoms with van der Waals surface area (Å²) < 4.78 is 8.31. The number of rotatable bonds is 6. The maximum absolute atomic E-state index is 5.85.